The summed E-state index contributed by atoms with van der Waals surface area (Å²) >= 11 is 0. The van der Waals surface area contributed by atoms with Crippen LogP contribution >= 0.6 is 0 Å². The van der Waals surface area contributed by atoms with Crippen LogP contribution in [-0.2, 0) is 15.9 Å². The number of ketones is 1. The minimum absolute atomic E-state index is 0.0889. The van der Waals surface area contributed by atoms with Crippen LogP contribution in [0.4, 0.5) is 4.39 Å². The molecule has 3 rings (SSSR count). The maximum absolute atomic E-state index is 13.2. The normalized spacial score (nSPS) is 11.1. The molecule has 0 heterocycles. The van der Waals surface area contributed by atoms with E-state index in [1.165, 1.54) is 42.5 Å². The van der Waals surface area contributed by atoms with Gasteiger partial charge in [0.1, 0.15) is 17.3 Å². The molecule has 132 valence electrons. The number of hydrogen-bond donors (Lipinski definition) is 0. The monoisotopic (exact) mass is 370 g/mol. The molecule has 6 heteroatoms. The smallest absolute Gasteiger partial charge is 0.313 e. The highest BCUT2D eigenvalue weighted by atomic mass is 32.2. The van der Waals surface area contributed by atoms with Gasteiger partial charge in [-0.2, -0.15) is 8.42 Å². The first-order chi connectivity index (χ1) is 12.4. The van der Waals surface area contributed by atoms with Gasteiger partial charge in [0.05, 0.1) is 0 Å². The average Bonchev–Trinajstić information content (AvgIpc) is 2.62. The number of rotatable bonds is 6. The van der Waals surface area contributed by atoms with Crippen molar-refractivity contribution >= 4 is 15.9 Å². The lowest BCUT2D eigenvalue weighted by atomic mass is 10.0. The highest BCUT2D eigenvalue weighted by Gasteiger charge is 2.15. The van der Waals surface area contributed by atoms with Gasteiger partial charge < -0.3 is 4.18 Å². The maximum atomic E-state index is 13.2. The molecule has 0 aliphatic heterocycles. The SMILES string of the molecule is O=C(c1ccccc1)c1ccc(OS(=O)(=O)Cc2cccc(F)c2)cc1. The molecule has 0 saturated carbocycles. The van der Waals surface area contributed by atoms with E-state index < -0.39 is 21.7 Å². The van der Waals surface area contributed by atoms with E-state index in [1.54, 1.807) is 24.3 Å². The Labute approximate surface area is 151 Å². The van der Waals surface area contributed by atoms with E-state index in [0.717, 1.165) is 6.07 Å². The lowest BCUT2D eigenvalue weighted by Crippen LogP contribution is -2.12. The Bertz CT molecular complexity index is 1010. The Morgan fingerprint density at radius 2 is 1.50 bits per heavy atom. The van der Waals surface area contributed by atoms with Crippen molar-refractivity contribution in [2.24, 2.45) is 0 Å². The van der Waals surface area contributed by atoms with E-state index in [9.17, 15) is 17.6 Å². The van der Waals surface area contributed by atoms with E-state index >= 15 is 0 Å². The quantitative estimate of drug-likeness (QED) is 0.487. The van der Waals surface area contributed by atoms with Crippen LogP contribution in [0, 0.1) is 5.82 Å². The van der Waals surface area contributed by atoms with Crippen LogP contribution in [-0.4, -0.2) is 14.2 Å². The highest BCUT2D eigenvalue weighted by molar-refractivity contribution is 7.86. The molecule has 0 unspecified atom stereocenters. The molecule has 3 aromatic carbocycles. The van der Waals surface area contributed by atoms with E-state index in [1.807, 2.05) is 6.07 Å². The van der Waals surface area contributed by atoms with Gasteiger partial charge in [-0.25, -0.2) is 4.39 Å². The minimum atomic E-state index is -3.94. The van der Waals surface area contributed by atoms with Crippen LogP contribution in [0.3, 0.4) is 0 Å². The number of benzene rings is 3. The van der Waals surface area contributed by atoms with Crippen molar-refractivity contribution in [3.05, 3.63) is 101 Å². The fourth-order valence-corrected chi connectivity index (χ4v) is 3.48. The van der Waals surface area contributed by atoms with Crippen LogP contribution in [0.2, 0.25) is 0 Å². The van der Waals surface area contributed by atoms with E-state index in [0.29, 0.717) is 16.7 Å². The van der Waals surface area contributed by atoms with Crippen LogP contribution in [0.5, 0.6) is 5.75 Å². The zero-order valence-corrected chi connectivity index (χ0v) is 14.4. The first-order valence-electron chi connectivity index (χ1n) is 7.79. The van der Waals surface area contributed by atoms with Crippen molar-refractivity contribution < 1.29 is 21.8 Å². The predicted octanol–water partition coefficient (Wildman–Crippen LogP) is 3.97. The summed E-state index contributed by atoms with van der Waals surface area (Å²) in [5, 5.41) is 0. The second kappa shape index (κ2) is 7.49. The van der Waals surface area contributed by atoms with Crippen molar-refractivity contribution in [3.63, 3.8) is 0 Å². The van der Waals surface area contributed by atoms with Gasteiger partial charge >= 0.3 is 10.1 Å². The molecule has 0 aliphatic carbocycles. The molecule has 26 heavy (non-hydrogen) atoms. The highest BCUT2D eigenvalue weighted by Crippen LogP contribution is 2.19. The molecule has 0 aliphatic rings. The molecule has 0 amide bonds. The molecule has 0 atom stereocenters. The van der Waals surface area contributed by atoms with Crippen molar-refractivity contribution in [2.75, 3.05) is 0 Å². The van der Waals surface area contributed by atoms with Gasteiger partial charge in [-0.1, -0.05) is 42.5 Å². The fourth-order valence-electron chi connectivity index (χ4n) is 2.43. The first kappa shape index (κ1) is 17.8. The molecule has 0 fully saturated rings. The van der Waals surface area contributed by atoms with Crippen LogP contribution < -0.4 is 4.18 Å². The van der Waals surface area contributed by atoms with Crippen LogP contribution in [0.1, 0.15) is 21.5 Å². The summed E-state index contributed by atoms with van der Waals surface area (Å²) in [5.74, 6) is -1.04. The zero-order chi connectivity index (χ0) is 18.6. The number of carbonyl (C=O) groups excluding carboxylic acids is 1. The third-order valence-electron chi connectivity index (χ3n) is 3.61. The van der Waals surface area contributed by atoms with Gasteiger partial charge in [-0.05, 0) is 42.0 Å². The molecular weight excluding hydrogens is 355 g/mol. The third kappa shape index (κ3) is 4.55. The summed E-state index contributed by atoms with van der Waals surface area (Å²) in [6, 6.07) is 19.9. The Balaban J connectivity index is 1.71. The molecule has 0 N–H and O–H groups in total. The molecule has 0 radical (unpaired) electrons. The molecule has 4 nitrogen and oxygen atoms in total. The largest absolute Gasteiger partial charge is 0.382 e. The lowest BCUT2D eigenvalue weighted by molar-refractivity contribution is 0.103. The molecule has 0 bridgehead atoms. The lowest BCUT2D eigenvalue weighted by Gasteiger charge is -2.08. The van der Waals surface area contributed by atoms with Gasteiger partial charge in [-0.15, -0.1) is 0 Å². The topological polar surface area (TPSA) is 60.4 Å². The number of halogens is 1. The third-order valence-corrected chi connectivity index (χ3v) is 4.74. The first-order valence-corrected chi connectivity index (χ1v) is 9.37. The summed E-state index contributed by atoms with van der Waals surface area (Å²) in [5.41, 5.74) is 1.26. The Kier molecular flexibility index (Phi) is 5.14. The Morgan fingerprint density at radius 1 is 0.846 bits per heavy atom. The summed E-state index contributed by atoms with van der Waals surface area (Å²) in [6.07, 6.45) is 0. The van der Waals surface area contributed by atoms with E-state index in [-0.39, 0.29) is 11.5 Å². The molecule has 0 spiro atoms. The van der Waals surface area contributed by atoms with Gasteiger partial charge in [0.15, 0.2) is 5.78 Å². The van der Waals surface area contributed by atoms with Gasteiger partial charge in [-0.3, -0.25) is 4.79 Å². The molecule has 0 saturated heterocycles. The maximum Gasteiger partial charge on any atom is 0.313 e. The van der Waals surface area contributed by atoms with Crippen molar-refractivity contribution in [3.8, 4) is 5.75 Å². The fraction of sp³-hybridized carbons (Fsp3) is 0.0500. The summed E-state index contributed by atoms with van der Waals surface area (Å²) in [7, 11) is -3.94. The Morgan fingerprint density at radius 3 is 2.15 bits per heavy atom. The van der Waals surface area contributed by atoms with Crippen molar-refractivity contribution in [2.45, 2.75) is 5.75 Å². The second-order valence-corrected chi connectivity index (χ2v) is 7.21. The second-order valence-electron chi connectivity index (χ2n) is 5.63. The van der Waals surface area contributed by atoms with Gasteiger partial charge in [0.2, 0.25) is 0 Å². The van der Waals surface area contributed by atoms with E-state index in [2.05, 4.69) is 0 Å². The molecule has 0 aromatic heterocycles. The average molecular weight is 370 g/mol. The summed E-state index contributed by atoms with van der Waals surface area (Å²) in [6.45, 7) is 0. The molecule has 3 aromatic rings. The van der Waals surface area contributed by atoms with Crippen LogP contribution in [0.15, 0.2) is 78.9 Å². The standard InChI is InChI=1S/C20H15FO4S/c21-18-8-4-5-15(13-18)14-26(23,24)25-19-11-9-17(10-12-19)20(22)16-6-2-1-3-7-16/h1-13H,14H2. The summed E-state index contributed by atoms with van der Waals surface area (Å²) in [4.78, 5) is 12.3. The number of hydrogen-bond acceptors (Lipinski definition) is 4. The summed E-state index contributed by atoms with van der Waals surface area (Å²) < 4.78 is 42.4. The van der Waals surface area contributed by atoms with Gasteiger partial charge in [0, 0.05) is 11.1 Å². The predicted molar refractivity (Wildman–Crippen MR) is 96.0 cm³/mol. The van der Waals surface area contributed by atoms with Crippen molar-refractivity contribution in [1.29, 1.82) is 0 Å². The van der Waals surface area contributed by atoms with E-state index in [4.69, 9.17) is 4.18 Å². The molecular formula is C20H15FO4S. The number of carbonyl (C=O) groups is 1. The Hall–Kier alpha value is -2.99. The minimum Gasteiger partial charge on any atom is -0.382 e. The van der Waals surface area contributed by atoms with Crippen molar-refractivity contribution in [1.82, 2.24) is 0 Å². The van der Waals surface area contributed by atoms with Crippen LogP contribution in [0.25, 0.3) is 0 Å². The van der Waals surface area contributed by atoms with Gasteiger partial charge in [0.25, 0.3) is 0 Å². The zero-order valence-electron chi connectivity index (χ0n) is 13.6.